The number of pyridine rings is 1. The molecule has 1 N–H and O–H groups in total. The minimum atomic E-state index is -0.157. The van der Waals surface area contributed by atoms with Crippen LogP contribution in [0, 0.1) is 0 Å². The van der Waals surface area contributed by atoms with Crippen molar-refractivity contribution in [2.75, 3.05) is 5.32 Å². The SMILES string of the molecule is O=C(/C=C/c1cccs1)Nc1cnc2ccccc2c1. The second kappa shape index (κ2) is 5.67. The van der Waals surface area contributed by atoms with Crippen molar-refractivity contribution in [3.63, 3.8) is 0 Å². The Morgan fingerprint density at radius 2 is 2.10 bits per heavy atom. The summed E-state index contributed by atoms with van der Waals surface area (Å²) in [7, 11) is 0. The molecule has 2 heterocycles. The number of thiophene rings is 1. The largest absolute Gasteiger partial charge is 0.321 e. The Balaban J connectivity index is 1.74. The van der Waals surface area contributed by atoms with Gasteiger partial charge in [-0.25, -0.2) is 0 Å². The summed E-state index contributed by atoms with van der Waals surface area (Å²) in [6.07, 6.45) is 4.99. The zero-order chi connectivity index (χ0) is 13.8. The van der Waals surface area contributed by atoms with E-state index in [1.54, 1.807) is 23.6 Å². The fourth-order valence-electron chi connectivity index (χ4n) is 1.87. The van der Waals surface area contributed by atoms with E-state index in [-0.39, 0.29) is 5.91 Å². The van der Waals surface area contributed by atoms with Crippen LogP contribution in [-0.2, 0) is 4.79 Å². The fourth-order valence-corrected chi connectivity index (χ4v) is 2.49. The van der Waals surface area contributed by atoms with Crippen molar-refractivity contribution in [3.8, 4) is 0 Å². The minimum absolute atomic E-state index is 0.157. The van der Waals surface area contributed by atoms with Crippen LogP contribution in [0.2, 0.25) is 0 Å². The first kappa shape index (κ1) is 12.6. The van der Waals surface area contributed by atoms with E-state index in [0.29, 0.717) is 5.69 Å². The second-order valence-electron chi connectivity index (χ2n) is 4.25. The molecule has 0 aliphatic rings. The number of rotatable bonds is 3. The van der Waals surface area contributed by atoms with Crippen molar-refractivity contribution in [1.29, 1.82) is 0 Å². The van der Waals surface area contributed by atoms with Gasteiger partial charge < -0.3 is 5.32 Å². The van der Waals surface area contributed by atoms with Crippen LogP contribution in [0.5, 0.6) is 0 Å². The predicted molar refractivity (Wildman–Crippen MR) is 83.7 cm³/mol. The number of hydrogen-bond donors (Lipinski definition) is 1. The molecule has 4 heteroatoms. The fraction of sp³-hybridized carbons (Fsp3) is 0. The Labute approximate surface area is 120 Å². The van der Waals surface area contributed by atoms with Crippen molar-refractivity contribution in [1.82, 2.24) is 4.98 Å². The Kier molecular flexibility index (Phi) is 3.56. The van der Waals surface area contributed by atoms with Crippen molar-refractivity contribution in [2.45, 2.75) is 0 Å². The van der Waals surface area contributed by atoms with Gasteiger partial charge in [-0.3, -0.25) is 9.78 Å². The van der Waals surface area contributed by atoms with Crippen molar-refractivity contribution in [2.24, 2.45) is 0 Å². The third-order valence-corrected chi connectivity index (χ3v) is 3.64. The van der Waals surface area contributed by atoms with E-state index >= 15 is 0 Å². The van der Waals surface area contributed by atoms with E-state index in [0.717, 1.165) is 15.8 Å². The number of nitrogens with zero attached hydrogens (tertiary/aromatic N) is 1. The number of hydrogen-bond acceptors (Lipinski definition) is 3. The van der Waals surface area contributed by atoms with Gasteiger partial charge in [0.15, 0.2) is 0 Å². The van der Waals surface area contributed by atoms with Crippen LogP contribution in [0.25, 0.3) is 17.0 Å². The van der Waals surface area contributed by atoms with Gasteiger partial charge in [0.1, 0.15) is 0 Å². The highest BCUT2D eigenvalue weighted by Crippen LogP contribution is 2.16. The molecule has 0 fully saturated rings. The molecular formula is C16H12N2OS. The normalized spacial score (nSPS) is 11.0. The Morgan fingerprint density at radius 1 is 1.20 bits per heavy atom. The van der Waals surface area contributed by atoms with Crippen LogP contribution in [0.15, 0.2) is 60.1 Å². The van der Waals surface area contributed by atoms with Gasteiger partial charge >= 0.3 is 0 Å². The maximum absolute atomic E-state index is 11.8. The molecule has 0 unspecified atom stereocenters. The number of amides is 1. The van der Waals surface area contributed by atoms with E-state index < -0.39 is 0 Å². The summed E-state index contributed by atoms with van der Waals surface area (Å²) in [5, 5.41) is 5.80. The molecule has 0 aliphatic heterocycles. The molecule has 0 saturated carbocycles. The Morgan fingerprint density at radius 3 is 2.95 bits per heavy atom. The van der Waals surface area contributed by atoms with Crippen LogP contribution >= 0.6 is 11.3 Å². The van der Waals surface area contributed by atoms with Crippen LogP contribution < -0.4 is 5.32 Å². The molecular weight excluding hydrogens is 268 g/mol. The van der Waals surface area contributed by atoms with E-state index in [2.05, 4.69) is 10.3 Å². The number of fused-ring (bicyclic) bond motifs is 1. The summed E-state index contributed by atoms with van der Waals surface area (Å²) in [5.41, 5.74) is 1.61. The van der Waals surface area contributed by atoms with Crippen LogP contribution in [0.3, 0.4) is 0 Å². The highest BCUT2D eigenvalue weighted by atomic mass is 32.1. The standard InChI is InChI=1S/C16H12N2OS/c19-16(8-7-14-5-3-9-20-14)18-13-10-12-4-1-2-6-15(12)17-11-13/h1-11H,(H,18,19)/b8-7+. The van der Waals surface area contributed by atoms with Gasteiger partial charge in [-0.1, -0.05) is 24.3 Å². The number of anilines is 1. The topological polar surface area (TPSA) is 42.0 Å². The van der Waals surface area contributed by atoms with Gasteiger partial charge in [0.2, 0.25) is 5.91 Å². The Bertz CT molecular complexity index is 763. The first-order valence-corrected chi connectivity index (χ1v) is 7.06. The number of carbonyl (C=O) groups is 1. The molecule has 20 heavy (non-hydrogen) atoms. The highest BCUT2D eigenvalue weighted by Gasteiger charge is 2.00. The first-order chi connectivity index (χ1) is 9.81. The summed E-state index contributed by atoms with van der Waals surface area (Å²) < 4.78 is 0. The summed E-state index contributed by atoms with van der Waals surface area (Å²) >= 11 is 1.59. The number of aromatic nitrogens is 1. The van der Waals surface area contributed by atoms with Gasteiger partial charge in [0.25, 0.3) is 0 Å². The summed E-state index contributed by atoms with van der Waals surface area (Å²) in [6, 6.07) is 13.6. The molecule has 1 amide bonds. The van der Waals surface area contributed by atoms with Crippen molar-refractivity contribution in [3.05, 3.63) is 65.0 Å². The van der Waals surface area contributed by atoms with Gasteiger partial charge in [0, 0.05) is 16.3 Å². The van der Waals surface area contributed by atoms with Crippen molar-refractivity contribution >= 4 is 39.9 Å². The first-order valence-electron chi connectivity index (χ1n) is 6.19. The average Bonchev–Trinajstić information content (AvgIpc) is 2.98. The quantitative estimate of drug-likeness (QED) is 0.738. The number of nitrogens with one attached hydrogen (secondary N) is 1. The van der Waals surface area contributed by atoms with Crippen LogP contribution in [-0.4, -0.2) is 10.9 Å². The molecule has 0 atom stereocenters. The van der Waals surface area contributed by atoms with E-state index in [4.69, 9.17) is 0 Å². The lowest BCUT2D eigenvalue weighted by Crippen LogP contribution is -2.07. The lowest BCUT2D eigenvalue weighted by atomic mass is 10.2. The molecule has 0 radical (unpaired) electrons. The second-order valence-corrected chi connectivity index (χ2v) is 5.23. The molecule has 1 aromatic carbocycles. The molecule has 3 nitrogen and oxygen atoms in total. The highest BCUT2D eigenvalue weighted by molar-refractivity contribution is 7.10. The van der Waals surface area contributed by atoms with Crippen LogP contribution in [0.4, 0.5) is 5.69 Å². The van der Waals surface area contributed by atoms with Gasteiger partial charge in [-0.2, -0.15) is 0 Å². The monoisotopic (exact) mass is 280 g/mol. The van der Waals surface area contributed by atoms with Crippen LogP contribution in [0.1, 0.15) is 4.88 Å². The number of para-hydroxylation sites is 1. The van der Waals surface area contributed by atoms with Gasteiger partial charge in [-0.15, -0.1) is 11.3 Å². The molecule has 0 spiro atoms. The van der Waals surface area contributed by atoms with E-state index in [1.807, 2.05) is 47.8 Å². The zero-order valence-electron chi connectivity index (χ0n) is 10.6. The number of benzene rings is 1. The van der Waals surface area contributed by atoms with Gasteiger partial charge in [-0.05, 0) is 29.7 Å². The Hall–Kier alpha value is -2.46. The predicted octanol–water partition coefficient (Wildman–Crippen LogP) is 3.95. The maximum atomic E-state index is 11.8. The molecule has 98 valence electrons. The average molecular weight is 280 g/mol. The third kappa shape index (κ3) is 2.92. The van der Waals surface area contributed by atoms with Crippen molar-refractivity contribution < 1.29 is 4.79 Å². The lowest BCUT2D eigenvalue weighted by molar-refractivity contribution is -0.111. The molecule has 2 aromatic heterocycles. The minimum Gasteiger partial charge on any atom is -0.321 e. The smallest absolute Gasteiger partial charge is 0.248 e. The zero-order valence-corrected chi connectivity index (χ0v) is 11.4. The summed E-state index contributed by atoms with van der Waals surface area (Å²) in [6.45, 7) is 0. The summed E-state index contributed by atoms with van der Waals surface area (Å²) in [4.78, 5) is 17.2. The molecule has 3 aromatic rings. The molecule has 0 saturated heterocycles. The van der Waals surface area contributed by atoms with E-state index in [1.165, 1.54) is 6.08 Å². The molecule has 0 aliphatic carbocycles. The molecule has 0 bridgehead atoms. The molecule has 3 rings (SSSR count). The summed E-state index contributed by atoms with van der Waals surface area (Å²) in [5.74, 6) is -0.157. The van der Waals surface area contributed by atoms with E-state index in [9.17, 15) is 4.79 Å². The number of carbonyl (C=O) groups excluding carboxylic acids is 1. The lowest BCUT2D eigenvalue weighted by Gasteiger charge is -2.03. The maximum Gasteiger partial charge on any atom is 0.248 e. The van der Waals surface area contributed by atoms with Gasteiger partial charge in [0.05, 0.1) is 17.4 Å². The third-order valence-electron chi connectivity index (χ3n) is 2.80.